The van der Waals surface area contributed by atoms with Gasteiger partial charge >= 0.3 is 0 Å². The summed E-state index contributed by atoms with van der Waals surface area (Å²) in [6.45, 7) is 4.33. The minimum Gasteiger partial charge on any atom is -0.309 e. The molecule has 1 atom stereocenters. The number of hydrogen-bond donors (Lipinski definition) is 1. The third-order valence-corrected chi connectivity index (χ3v) is 4.21. The molecule has 0 heterocycles. The fourth-order valence-electron chi connectivity index (χ4n) is 2.74. The first-order valence-corrected chi connectivity index (χ1v) is 7.72. The summed E-state index contributed by atoms with van der Waals surface area (Å²) < 4.78 is 13.2. The molecule has 0 radical (unpaired) electrons. The average Bonchev–Trinajstić information content (AvgIpc) is 2.49. The van der Waals surface area contributed by atoms with Crippen molar-refractivity contribution in [3.8, 4) is 0 Å². The second kappa shape index (κ2) is 7.06. The number of aryl methyl sites for hydroxylation is 2. The van der Waals surface area contributed by atoms with Crippen LogP contribution in [0.1, 0.15) is 42.1 Å². The van der Waals surface area contributed by atoms with Crippen LogP contribution in [0.5, 0.6) is 0 Å². The van der Waals surface area contributed by atoms with Gasteiger partial charge in [-0.3, -0.25) is 0 Å². The summed E-state index contributed by atoms with van der Waals surface area (Å²) in [6, 6.07) is 11.1. The topological polar surface area (TPSA) is 12.0 Å². The number of hydrogen-bond acceptors (Lipinski definition) is 1. The third kappa shape index (κ3) is 3.45. The van der Waals surface area contributed by atoms with E-state index in [1.165, 1.54) is 23.3 Å². The third-order valence-electron chi connectivity index (χ3n) is 3.89. The van der Waals surface area contributed by atoms with Crippen LogP contribution in [-0.4, -0.2) is 7.05 Å². The predicted octanol–water partition coefficient (Wildman–Crippen LogP) is 4.91. The van der Waals surface area contributed by atoms with Crippen LogP contribution in [-0.2, 0) is 12.8 Å². The SMILES string of the molecule is CCc1ccc(C(NC)c2ccc(F)cc2Cl)cc1CC. The van der Waals surface area contributed by atoms with Crippen LogP contribution in [0.15, 0.2) is 36.4 Å². The second-order valence-corrected chi connectivity index (χ2v) is 5.53. The molecule has 0 aliphatic rings. The van der Waals surface area contributed by atoms with Crippen molar-refractivity contribution in [2.45, 2.75) is 32.7 Å². The molecule has 1 unspecified atom stereocenters. The van der Waals surface area contributed by atoms with Gasteiger partial charge in [0, 0.05) is 5.02 Å². The van der Waals surface area contributed by atoms with Gasteiger partial charge in [0.05, 0.1) is 6.04 Å². The highest BCUT2D eigenvalue weighted by molar-refractivity contribution is 6.31. The molecule has 0 saturated heterocycles. The minimum absolute atomic E-state index is 0.0330. The van der Waals surface area contributed by atoms with Crippen molar-refractivity contribution in [3.63, 3.8) is 0 Å². The maximum Gasteiger partial charge on any atom is 0.124 e. The lowest BCUT2D eigenvalue weighted by molar-refractivity contribution is 0.623. The largest absolute Gasteiger partial charge is 0.309 e. The Labute approximate surface area is 131 Å². The number of nitrogens with one attached hydrogen (secondary N) is 1. The fraction of sp³-hybridized carbons (Fsp3) is 0.333. The van der Waals surface area contributed by atoms with Gasteiger partial charge in [-0.2, -0.15) is 0 Å². The van der Waals surface area contributed by atoms with E-state index in [9.17, 15) is 4.39 Å². The molecule has 0 aliphatic carbocycles. The Kier molecular flexibility index (Phi) is 5.38. The van der Waals surface area contributed by atoms with Crippen LogP contribution in [0.3, 0.4) is 0 Å². The maximum atomic E-state index is 13.2. The van der Waals surface area contributed by atoms with Gasteiger partial charge in [0.2, 0.25) is 0 Å². The molecule has 2 aromatic rings. The fourth-order valence-corrected chi connectivity index (χ4v) is 3.01. The molecule has 0 aliphatic heterocycles. The highest BCUT2D eigenvalue weighted by atomic mass is 35.5. The Morgan fingerprint density at radius 1 is 1.05 bits per heavy atom. The lowest BCUT2D eigenvalue weighted by Gasteiger charge is -2.20. The molecule has 0 bridgehead atoms. The summed E-state index contributed by atoms with van der Waals surface area (Å²) in [5.41, 5.74) is 4.78. The Bertz CT molecular complexity index is 625. The molecule has 0 amide bonds. The van der Waals surface area contributed by atoms with E-state index < -0.39 is 0 Å². The molecule has 0 spiro atoms. The van der Waals surface area contributed by atoms with Crippen molar-refractivity contribution >= 4 is 11.6 Å². The van der Waals surface area contributed by atoms with Crippen molar-refractivity contribution in [2.24, 2.45) is 0 Å². The second-order valence-electron chi connectivity index (χ2n) is 5.12. The molecule has 21 heavy (non-hydrogen) atoms. The quantitative estimate of drug-likeness (QED) is 0.827. The normalized spacial score (nSPS) is 12.4. The van der Waals surface area contributed by atoms with Gasteiger partial charge < -0.3 is 5.32 Å². The van der Waals surface area contributed by atoms with E-state index in [0.29, 0.717) is 5.02 Å². The molecule has 1 N–H and O–H groups in total. The molecule has 2 aromatic carbocycles. The van der Waals surface area contributed by atoms with Crippen LogP contribution in [0.2, 0.25) is 5.02 Å². The standard InChI is InChI=1S/C18H21ClFN/c1-4-12-6-7-14(10-13(12)5-2)18(21-3)16-9-8-15(20)11-17(16)19/h6-11,18,21H,4-5H2,1-3H3. The average molecular weight is 306 g/mol. The molecular weight excluding hydrogens is 285 g/mol. The van der Waals surface area contributed by atoms with Crippen LogP contribution in [0.4, 0.5) is 4.39 Å². The molecule has 0 aromatic heterocycles. The molecule has 1 nitrogen and oxygen atoms in total. The molecule has 0 saturated carbocycles. The van der Waals surface area contributed by atoms with E-state index in [1.54, 1.807) is 6.07 Å². The summed E-state index contributed by atoms with van der Waals surface area (Å²) in [5, 5.41) is 3.73. The first kappa shape index (κ1) is 16.0. The summed E-state index contributed by atoms with van der Waals surface area (Å²) in [7, 11) is 1.89. The van der Waals surface area contributed by atoms with Crippen molar-refractivity contribution in [1.82, 2.24) is 5.32 Å². The first-order chi connectivity index (χ1) is 10.1. The Morgan fingerprint density at radius 3 is 2.33 bits per heavy atom. The highest BCUT2D eigenvalue weighted by Gasteiger charge is 2.16. The van der Waals surface area contributed by atoms with Crippen molar-refractivity contribution in [2.75, 3.05) is 7.05 Å². The van der Waals surface area contributed by atoms with E-state index >= 15 is 0 Å². The van der Waals surface area contributed by atoms with E-state index in [-0.39, 0.29) is 11.9 Å². The number of rotatable bonds is 5. The summed E-state index contributed by atoms with van der Waals surface area (Å²) in [6.07, 6.45) is 2.04. The van der Waals surface area contributed by atoms with E-state index in [2.05, 4.69) is 37.4 Å². The minimum atomic E-state index is -0.311. The highest BCUT2D eigenvalue weighted by Crippen LogP contribution is 2.30. The molecular formula is C18H21ClFN. The monoisotopic (exact) mass is 305 g/mol. The van der Waals surface area contributed by atoms with Crippen LogP contribution in [0, 0.1) is 5.82 Å². The van der Waals surface area contributed by atoms with Gasteiger partial charge in [-0.25, -0.2) is 4.39 Å². The molecule has 112 valence electrons. The Morgan fingerprint density at radius 2 is 1.76 bits per heavy atom. The number of halogens is 2. The summed E-state index contributed by atoms with van der Waals surface area (Å²) in [5.74, 6) is -0.311. The van der Waals surface area contributed by atoms with Gasteiger partial charge in [-0.05, 0) is 54.3 Å². The lowest BCUT2D eigenvalue weighted by Crippen LogP contribution is -2.18. The zero-order valence-corrected chi connectivity index (χ0v) is 13.5. The van der Waals surface area contributed by atoms with Gasteiger partial charge in [0.1, 0.15) is 5.82 Å². The van der Waals surface area contributed by atoms with Gasteiger partial charge in [0.15, 0.2) is 0 Å². The van der Waals surface area contributed by atoms with Crippen molar-refractivity contribution < 1.29 is 4.39 Å². The van der Waals surface area contributed by atoms with Crippen LogP contribution < -0.4 is 5.32 Å². The van der Waals surface area contributed by atoms with Crippen molar-refractivity contribution in [3.05, 3.63) is 69.5 Å². The smallest absolute Gasteiger partial charge is 0.124 e. The van der Waals surface area contributed by atoms with Crippen LogP contribution in [0.25, 0.3) is 0 Å². The van der Waals surface area contributed by atoms with Gasteiger partial charge in [0.25, 0.3) is 0 Å². The summed E-state index contributed by atoms with van der Waals surface area (Å²) in [4.78, 5) is 0. The first-order valence-electron chi connectivity index (χ1n) is 7.34. The Balaban J connectivity index is 2.46. The van der Waals surface area contributed by atoms with Crippen LogP contribution >= 0.6 is 11.6 Å². The Hall–Kier alpha value is -1.38. The zero-order chi connectivity index (χ0) is 15.4. The zero-order valence-electron chi connectivity index (χ0n) is 12.7. The van der Waals surface area contributed by atoms with Gasteiger partial charge in [-0.15, -0.1) is 0 Å². The summed E-state index contributed by atoms with van der Waals surface area (Å²) >= 11 is 6.21. The maximum absolute atomic E-state index is 13.2. The van der Waals surface area contributed by atoms with E-state index in [1.807, 2.05) is 7.05 Å². The van der Waals surface area contributed by atoms with E-state index in [4.69, 9.17) is 11.6 Å². The molecule has 2 rings (SSSR count). The predicted molar refractivity (Wildman–Crippen MR) is 87.5 cm³/mol. The van der Waals surface area contributed by atoms with E-state index in [0.717, 1.165) is 24.0 Å². The van der Waals surface area contributed by atoms with Crippen molar-refractivity contribution in [1.29, 1.82) is 0 Å². The van der Waals surface area contributed by atoms with Gasteiger partial charge in [-0.1, -0.05) is 49.7 Å². The number of benzene rings is 2. The molecule has 0 fully saturated rings. The lowest BCUT2D eigenvalue weighted by atomic mass is 9.93. The molecule has 3 heteroatoms.